The van der Waals surface area contributed by atoms with E-state index < -0.39 is 0 Å². The average Bonchev–Trinajstić information content (AvgIpc) is 2.18. The van der Waals surface area contributed by atoms with Gasteiger partial charge in [-0.15, -0.1) is 11.8 Å². The van der Waals surface area contributed by atoms with Gasteiger partial charge in [0, 0.05) is 6.54 Å². The molecule has 0 aromatic carbocycles. The minimum Gasteiger partial charge on any atom is -0.360 e. The molecule has 2 bridgehead atoms. The second-order valence-electron chi connectivity index (χ2n) is 4.92. The lowest BCUT2D eigenvalue weighted by Gasteiger charge is -2.55. The topological polar surface area (TPSA) is 12.5 Å². The summed E-state index contributed by atoms with van der Waals surface area (Å²) < 4.78 is 6.27. The van der Waals surface area contributed by atoms with E-state index in [0.29, 0.717) is 5.44 Å². The van der Waals surface area contributed by atoms with Crippen molar-refractivity contribution in [2.75, 3.05) is 25.4 Å². The zero-order valence-electron chi connectivity index (χ0n) is 8.87. The third-order valence-corrected chi connectivity index (χ3v) is 5.11. The summed E-state index contributed by atoms with van der Waals surface area (Å²) in [6, 6.07) is 0. The molecule has 0 aliphatic carbocycles. The fourth-order valence-corrected chi connectivity index (χ4v) is 4.42. The summed E-state index contributed by atoms with van der Waals surface area (Å²) in [6.07, 6.45) is 4.03. The van der Waals surface area contributed by atoms with Gasteiger partial charge in [0.25, 0.3) is 0 Å². The van der Waals surface area contributed by atoms with E-state index in [4.69, 9.17) is 4.74 Å². The molecule has 1 spiro atoms. The number of hydrogen-bond donors (Lipinski definition) is 0. The van der Waals surface area contributed by atoms with Crippen LogP contribution < -0.4 is 0 Å². The highest BCUT2D eigenvalue weighted by Gasteiger charge is 2.49. The minimum atomic E-state index is 0.251. The number of ether oxygens (including phenoxy) is 1. The molecule has 4 saturated heterocycles. The Bertz CT molecular complexity index is 223. The second-order valence-corrected chi connectivity index (χ2v) is 6.33. The van der Waals surface area contributed by atoms with Crippen molar-refractivity contribution in [2.45, 2.75) is 37.2 Å². The van der Waals surface area contributed by atoms with Crippen molar-refractivity contribution in [1.82, 2.24) is 4.90 Å². The fraction of sp³-hybridized carbons (Fsp3) is 1.00. The molecule has 0 unspecified atom stereocenters. The van der Waals surface area contributed by atoms with E-state index in [0.717, 1.165) is 5.92 Å². The van der Waals surface area contributed by atoms with Gasteiger partial charge in [0.05, 0.1) is 5.60 Å². The standard InChI is InChI=1S/C11H19NOS/c1-9-13-11(4-7-14-9)8-12-5-2-10(11)3-6-12/h9-10H,2-8H2,1H3/t9-,11+/m1/s1. The maximum Gasteiger partial charge on any atom is 0.101 e. The molecule has 0 aromatic rings. The molecular weight excluding hydrogens is 194 g/mol. The summed E-state index contributed by atoms with van der Waals surface area (Å²) in [5, 5.41) is 0. The molecule has 80 valence electrons. The normalized spacial score (nSPS) is 52.5. The van der Waals surface area contributed by atoms with Crippen molar-refractivity contribution < 1.29 is 4.74 Å². The van der Waals surface area contributed by atoms with E-state index in [1.54, 1.807) is 0 Å². The lowest BCUT2D eigenvalue weighted by Crippen LogP contribution is -2.62. The van der Waals surface area contributed by atoms with Crippen LogP contribution in [0, 0.1) is 5.92 Å². The van der Waals surface area contributed by atoms with Crippen LogP contribution in [0.15, 0.2) is 0 Å². The van der Waals surface area contributed by atoms with Gasteiger partial charge in [0.15, 0.2) is 0 Å². The maximum atomic E-state index is 6.27. The first kappa shape index (κ1) is 9.49. The van der Waals surface area contributed by atoms with Gasteiger partial charge >= 0.3 is 0 Å². The molecule has 2 atom stereocenters. The molecule has 4 heterocycles. The van der Waals surface area contributed by atoms with Gasteiger partial charge in [-0.1, -0.05) is 0 Å². The smallest absolute Gasteiger partial charge is 0.101 e. The summed E-state index contributed by atoms with van der Waals surface area (Å²) in [4.78, 5) is 2.60. The zero-order chi connectivity index (χ0) is 9.60. The lowest BCUT2D eigenvalue weighted by molar-refractivity contribution is -0.163. The van der Waals surface area contributed by atoms with E-state index in [1.165, 1.54) is 44.6 Å². The quantitative estimate of drug-likeness (QED) is 0.610. The molecule has 3 heteroatoms. The van der Waals surface area contributed by atoms with Crippen LogP contribution in [0.2, 0.25) is 0 Å². The van der Waals surface area contributed by atoms with Crippen molar-refractivity contribution >= 4 is 11.8 Å². The molecule has 4 fully saturated rings. The highest BCUT2D eigenvalue weighted by atomic mass is 32.2. The Hall–Kier alpha value is 0.270. The van der Waals surface area contributed by atoms with Crippen molar-refractivity contribution in [1.29, 1.82) is 0 Å². The molecular formula is C11H19NOS. The first-order chi connectivity index (χ1) is 6.78. The van der Waals surface area contributed by atoms with Crippen molar-refractivity contribution in [3.63, 3.8) is 0 Å². The van der Waals surface area contributed by atoms with Gasteiger partial charge in [-0.3, -0.25) is 0 Å². The maximum absolute atomic E-state index is 6.27. The van der Waals surface area contributed by atoms with Crippen LogP contribution in [0.3, 0.4) is 0 Å². The van der Waals surface area contributed by atoms with Crippen molar-refractivity contribution in [3.05, 3.63) is 0 Å². The van der Waals surface area contributed by atoms with E-state index in [2.05, 4.69) is 11.8 Å². The summed E-state index contributed by atoms with van der Waals surface area (Å²) in [5.74, 6) is 2.15. The molecule has 4 aliphatic heterocycles. The second kappa shape index (κ2) is 3.39. The third kappa shape index (κ3) is 1.41. The van der Waals surface area contributed by atoms with Crippen LogP contribution in [0.4, 0.5) is 0 Å². The molecule has 0 amide bonds. The molecule has 0 radical (unpaired) electrons. The largest absolute Gasteiger partial charge is 0.360 e. The van der Waals surface area contributed by atoms with Crippen LogP contribution >= 0.6 is 11.8 Å². The average molecular weight is 213 g/mol. The number of nitrogens with zero attached hydrogens (tertiary/aromatic N) is 1. The van der Waals surface area contributed by atoms with Crippen LogP contribution in [0.25, 0.3) is 0 Å². The van der Waals surface area contributed by atoms with Gasteiger partial charge in [-0.25, -0.2) is 0 Å². The van der Waals surface area contributed by atoms with Gasteiger partial charge in [-0.2, -0.15) is 0 Å². The Morgan fingerprint density at radius 3 is 2.71 bits per heavy atom. The van der Waals surface area contributed by atoms with E-state index in [-0.39, 0.29) is 5.60 Å². The first-order valence-corrected chi connectivity index (χ1v) is 6.85. The SMILES string of the molecule is C[C@@H]1O[C@@]2(CCS1)CN1CCC2CC1. The molecule has 0 aromatic heterocycles. The van der Waals surface area contributed by atoms with E-state index in [1.807, 2.05) is 11.8 Å². The zero-order valence-corrected chi connectivity index (χ0v) is 9.68. The summed E-state index contributed by atoms with van der Waals surface area (Å²) in [6.45, 7) is 6.06. The minimum absolute atomic E-state index is 0.251. The van der Waals surface area contributed by atoms with Crippen LogP contribution in [-0.4, -0.2) is 41.3 Å². The van der Waals surface area contributed by atoms with E-state index >= 15 is 0 Å². The highest BCUT2D eigenvalue weighted by Crippen LogP contribution is 2.45. The van der Waals surface area contributed by atoms with Crippen molar-refractivity contribution in [3.8, 4) is 0 Å². The van der Waals surface area contributed by atoms with E-state index in [9.17, 15) is 0 Å². The Morgan fingerprint density at radius 1 is 1.36 bits per heavy atom. The highest BCUT2D eigenvalue weighted by molar-refractivity contribution is 7.99. The Labute approximate surface area is 90.4 Å². The van der Waals surface area contributed by atoms with Crippen LogP contribution in [-0.2, 0) is 4.74 Å². The van der Waals surface area contributed by atoms with Gasteiger partial charge in [-0.05, 0) is 50.9 Å². The number of fused-ring (bicyclic) bond motifs is 2. The Kier molecular flexibility index (Phi) is 2.30. The molecule has 2 nitrogen and oxygen atoms in total. The van der Waals surface area contributed by atoms with Crippen molar-refractivity contribution in [2.24, 2.45) is 5.92 Å². The first-order valence-electron chi connectivity index (χ1n) is 5.80. The number of piperidine rings is 3. The van der Waals surface area contributed by atoms with Gasteiger partial charge in [0.1, 0.15) is 5.44 Å². The molecule has 14 heavy (non-hydrogen) atoms. The molecule has 0 N–H and O–H groups in total. The fourth-order valence-electron chi connectivity index (χ4n) is 3.36. The predicted molar refractivity (Wildman–Crippen MR) is 59.5 cm³/mol. The predicted octanol–water partition coefficient (Wildman–Crippen LogP) is 1.95. The monoisotopic (exact) mass is 213 g/mol. The third-order valence-electron chi connectivity index (χ3n) is 4.10. The number of rotatable bonds is 0. The Balaban J connectivity index is 1.81. The molecule has 4 rings (SSSR count). The van der Waals surface area contributed by atoms with Crippen LogP contribution in [0.5, 0.6) is 0 Å². The summed E-state index contributed by atoms with van der Waals surface area (Å²) in [7, 11) is 0. The van der Waals surface area contributed by atoms with Crippen LogP contribution in [0.1, 0.15) is 26.2 Å². The molecule has 4 aliphatic rings. The lowest BCUT2D eigenvalue weighted by atomic mass is 9.73. The summed E-state index contributed by atoms with van der Waals surface area (Å²) in [5.41, 5.74) is 0.672. The number of hydrogen-bond acceptors (Lipinski definition) is 3. The van der Waals surface area contributed by atoms with Gasteiger partial charge < -0.3 is 9.64 Å². The molecule has 0 saturated carbocycles. The summed E-state index contributed by atoms with van der Waals surface area (Å²) >= 11 is 1.97. The van der Waals surface area contributed by atoms with Gasteiger partial charge in [0.2, 0.25) is 0 Å². The number of thioether (sulfide) groups is 1. The Morgan fingerprint density at radius 2 is 2.14 bits per heavy atom.